The van der Waals surface area contributed by atoms with Crippen LogP contribution in [-0.2, 0) is 9.59 Å². The van der Waals surface area contributed by atoms with Gasteiger partial charge in [-0.2, -0.15) is 0 Å². The van der Waals surface area contributed by atoms with Crippen molar-refractivity contribution in [2.24, 2.45) is 0 Å². The third-order valence-electron chi connectivity index (χ3n) is 4.69. The van der Waals surface area contributed by atoms with Crippen molar-refractivity contribution in [2.75, 3.05) is 17.3 Å². The van der Waals surface area contributed by atoms with E-state index in [-0.39, 0.29) is 5.70 Å². The molecule has 0 spiro atoms. The summed E-state index contributed by atoms with van der Waals surface area (Å²) < 4.78 is 5.16. The van der Waals surface area contributed by atoms with Crippen molar-refractivity contribution in [3.8, 4) is 5.75 Å². The van der Waals surface area contributed by atoms with E-state index < -0.39 is 11.8 Å². The molecule has 152 valence electrons. The largest absolute Gasteiger partial charge is 0.495 e. The summed E-state index contributed by atoms with van der Waals surface area (Å²) >= 11 is 13.8. The molecule has 0 fully saturated rings. The predicted octanol–water partition coefficient (Wildman–Crippen LogP) is 5.77. The zero-order valence-electron chi connectivity index (χ0n) is 16.0. The fraction of sp³-hybridized carbons (Fsp3) is 0.0909. The lowest BCUT2D eigenvalue weighted by molar-refractivity contribution is -0.120. The number of nitrogens with one attached hydrogen (secondary N) is 1. The molecule has 30 heavy (non-hydrogen) atoms. The van der Waals surface area contributed by atoms with E-state index in [1.807, 2.05) is 30.5 Å². The fourth-order valence-electron chi connectivity index (χ4n) is 3.14. The van der Waals surface area contributed by atoms with E-state index in [1.165, 1.54) is 24.5 Å². The zero-order valence-corrected chi connectivity index (χ0v) is 18.4. The third kappa shape index (κ3) is 3.58. The number of benzene rings is 2. The number of anilines is 2. The fourth-order valence-corrected chi connectivity index (χ4v) is 4.34. The average Bonchev–Trinajstić information content (AvgIpc) is 3.32. The summed E-state index contributed by atoms with van der Waals surface area (Å²) in [5.74, 6) is -0.440. The number of imide groups is 1. The van der Waals surface area contributed by atoms with Crippen LogP contribution < -0.4 is 15.0 Å². The van der Waals surface area contributed by atoms with Crippen LogP contribution in [0, 0.1) is 6.92 Å². The van der Waals surface area contributed by atoms with Crippen LogP contribution in [0.3, 0.4) is 0 Å². The first-order chi connectivity index (χ1) is 14.4. The number of ether oxygens (including phenoxy) is 1. The van der Waals surface area contributed by atoms with E-state index in [0.29, 0.717) is 37.6 Å². The lowest BCUT2D eigenvalue weighted by atomic mass is 10.1. The van der Waals surface area contributed by atoms with Gasteiger partial charge in [-0.25, -0.2) is 4.90 Å². The topological polar surface area (TPSA) is 58.6 Å². The molecule has 1 N–H and O–H groups in total. The van der Waals surface area contributed by atoms with Gasteiger partial charge in [-0.15, -0.1) is 11.3 Å². The van der Waals surface area contributed by atoms with Gasteiger partial charge in [-0.3, -0.25) is 9.59 Å². The van der Waals surface area contributed by atoms with Gasteiger partial charge in [0.25, 0.3) is 11.8 Å². The van der Waals surface area contributed by atoms with Crippen LogP contribution in [0.4, 0.5) is 11.4 Å². The van der Waals surface area contributed by atoms with Crippen LogP contribution in [-0.4, -0.2) is 18.9 Å². The molecule has 5 nitrogen and oxygen atoms in total. The highest BCUT2D eigenvalue weighted by Crippen LogP contribution is 2.38. The number of halogens is 2. The molecular weight excluding hydrogens is 443 g/mol. The number of nitrogens with zero attached hydrogens (tertiary/aromatic N) is 1. The van der Waals surface area contributed by atoms with Crippen LogP contribution in [0.2, 0.25) is 10.0 Å². The Morgan fingerprint density at radius 3 is 2.43 bits per heavy atom. The Hall–Kier alpha value is -2.80. The zero-order chi connectivity index (χ0) is 21.4. The summed E-state index contributed by atoms with van der Waals surface area (Å²) in [6, 6.07) is 13.8. The average molecular weight is 459 g/mol. The molecule has 1 aliphatic rings. The lowest BCUT2D eigenvalue weighted by Gasteiger charge is -2.16. The number of aryl methyl sites for hydroxylation is 1. The second-order valence-corrected chi connectivity index (χ2v) is 8.34. The maximum absolute atomic E-state index is 13.3. The van der Waals surface area contributed by atoms with Crippen molar-refractivity contribution in [1.29, 1.82) is 0 Å². The molecule has 2 amide bonds. The van der Waals surface area contributed by atoms with Crippen molar-refractivity contribution in [3.63, 3.8) is 0 Å². The quantitative estimate of drug-likeness (QED) is 0.493. The summed E-state index contributed by atoms with van der Waals surface area (Å²) in [6.07, 6.45) is 0. The maximum Gasteiger partial charge on any atom is 0.282 e. The minimum Gasteiger partial charge on any atom is -0.495 e. The Labute approximate surface area is 187 Å². The Morgan fingerprint density at radius 1 is 1.00 bits per heavy atom. The second-order valence-electron chi connectivity index (χ2n) is 6.58. The first kappa shape index (κ1) is 20.5. The van der Waals surface area contributed by atoms with E-state index in [1.54, 1.807) is 24.3 Å². The summed E-state index contributed by atoms with van der Waals surface area (Å²) in [4.78, 5) is 28.4. The van der Waals surface area contributed by atoms with Crippen LogP contribution in [0.5, 0.6) is 5.75 Å². The predicted molar refractivity (Wildman–Crippen MR) is 122 cm³/mol. The van der Waals surface area contributed by atoms with Gasteiger partial charge in [0.15, 0.2) is 0 Å². The van der Waals surface area contributed by atoms with Crippen LogP contribution in [0.25, 0.3) is 5.57 Å². The van der Waals surface area contributed by atoms with Gasteiger partial charge in [0.05, 0.1) is 23.4 Å². The van der Waals surface area contributed by atoms with Gasteiger partial charge in [0, 0.05) is 15.6 Å². The Morgan fingerprint density at radius 2 is 1.80 bits per heavy atom. The summed E-state index contributed by atoms with van der Waals surface area (Å²) in [6.45, 7) is 1.89. The Balaban J connectivity index is 1.78. The molecule has 0 radical (unpaired) electrons. The standard InChI is InChI=1S/C22H16Cl2N2O3S/c1-12-5-6-13(10-15(12)23)25-20-19(18-4-3-9-30-18)21(27)26(22(20)28)14-7-8-17(29-2)16(24)11-14/h3-11,25H,1-2H3. The van der Waals surface area contributed by atoms with Gasteiger partial charge < -0.3 is 10.1 Å². The van der Waals surface area contributed by atoms with Crippen molar-refractivity contribution in [1.82, 2.24) is 0 Å². The molecule has 0 unspecified atom stereocenters. The van der Waals surface area contributed by atoms with E-state index in [2.05, 4.69) is 5.32 Å². The van der Waals surface area contributed by atoms with E-state index in [9.17, 15) is 9.59 Å². The first-order valence-corrected chi connectivity index (χ1v) is 10.6. The highest BCUT2D eigenvalue weighted by molar-refractivity contribution is 7.11. The van der Waals surface area contributed by atoms with E-state index in [4.69, 9.17) is 27.9 Å². The number of carbonyl (C=O) groups is 2. The Bertz CT molecular complexity index is 1190. The summed E-state index contributed by atoms with van der Waals surface area (Å²) in [5, 5.41) is 5.82. The molecule has 3 aromatic rings. The smallest absolute Gasteiger partial charge is 0.282 e. The normalized spacial score (nSPS) is 13.9. The SMILES string of the molecule is COc1ccc(N2C(=O)C(Nc3ccc(C)c(Cl)c3)=C(c3cccs3)C2=O)cc1Cl. The summed E-state index contributed by atoms with van der Waals surface area (Å²) in [5.41, 5.74) is 2.39. The number of rotatable bonds is 5. The monoisotopic (exact) mass is 458 g/mol. The summed E-state index contributed by atoms with van der Waals surface area (Å²) in [7, 11) is 1.50. The minimum atomic E-state index is -0.471. The van der Waals surface area contributed by atoms with Gasteiger partial charge in [-0.1, -0.05) is 35.3 Å². The third-order valence-corrected chi connectivity index (χ3v) is 6.28. The highest BCUT2D eigenvalue weighted by Gasteiger charge is 2.41. The number of hydrogen-bond donors (Lipinski definition) is 1. The van der Waals surface area contributed by atoms with Crippen molar-refractivity contribution >= 4 is 63.3 Å². The molecule has 8 heteroatoms. The van der Waals surface area contributed by atoms with Gasteiger partial charge >= 0.3 is 0 Å². The van der Waals surface area contributed by atoms with Gasteiger partial charge in [-0.05, 0) is 54.3 Å². The molecule has 2 aromatic carbocycles. The molecule has 0 aliphatic carbocycles. The molecule has 1 aromatic heterocycles. The van der Waals surface area contributed by atoms with E-state index in [0.717, 1.165) is 10.5 Å². The van der Waals surface area contributed by atoms with Crippen LogP contribution in [0.1, 0.15) is 10.4 Å². The number of hydrogen-bond acceptors (Lipinski definition) is 5. The Kier molecular flexibility index (Phi) is 5.56. The minimum absolute atomic E-state index is 0.189. The van der Waals surface area contributed by atoms with E-state index >= 15 is 0 Å². The van der Waals surface area contributed by atoms with Crippen molar-refractivity contribution < 1.29 is 14.3 Å². The highest BCUT2D eigenvalue weighted by atomic mass is 35.5. The first-order valence-electron chi connectivity index (χ1n) is 8.94. The molecule has 4 rings (SSSR count). The molecule has 0 saturated heterocycles. The molecule has 0 saturated carbocycles. The van der Waals surface area contributed by atoms with Gasteiger partial charge in [0.1, 0.15) is 11.4 Å². The molecule has 1 aliphatic heterocycles. The molecule has 2 heterocycles. The van der Waals surface area contributed by atoms with Crippen molar-refractivity contribution in [2.45, 2.75) is 6.92 Å². The number of carbonyl (C=O) groups excluding carboxylic acids is 2. The number of thiophene rings is 1. The van der Waals surface area contributed by atoms with Crippen LogP contribution in [0.15, 0.2) is 59.6 Å². The molecule has 0 atom stereocenters. The number of amides is 2. The van der Waals surface area contributed by atoms with Crippen molar-refractivity contribution in [3.05, 3.63) is 80.1 Å². The second kappa shape index (κ2) is 8.14. The van der Waals surface area contributed by atoms with Gasteiger partial charge in [0.2, 0.25) is 0 Å². The molecule has 0 bridgehead atoms. The number of methoxy groups -OCH3 is 1. The van der Waals surface area contributed by atoms with Crippen LogP contribution >= 0.6 is 34.5 Å². The maximum atomic E-state index is 13.3. The lowest BCUT2D eigenvalue weighted by Crippen LogP contribution is -2.32. The molecular formula is C22H16Cl2N2O3S.